The average Bonchev–Trinajstić information content (AvgIpc) is 2.68. The second-order valence-corrected chi connectivity index (χ2v) is 6.82. The molecule has 0 atom stereocenters. The summed E-state index contributed by atoms with van der Waals surface area (Å²) in [6, 6.07) is 15.6. The fourth-order valence-corrected chi connectivity index (χ4v) is 3.39. The Kier molecular flexibility index (Phi) is 4.47. The van der Waals surface area contributed by atoms with Gasteiger partial charge in [-0.1, -0.05) is 23.7 Å². The maximum Gasteiger partial charge on any atom is 0.219 e. The molecule has 0 N–H and O–H groups in total. The fraction of sp³-hybridized carbons (Fsp3) is 0.250. The highest BCUT2D eigenvalue weighted by molar-refractivity contribution is 6.30. The van der Waals surface area contributed by atoms with Crippen molar-refractivity contribution >= 4 is 34.2 Å². The molecule has 1 aliphatic rings. The number of carbonyl (C=O) groups excluding carboxylic acids is 1. The van der Waals surface area contributed by atoms with Crippen molar-refractivity contribution in [3.8, 4) is 11.4 Å². The number of anilines is 1. The molecular weight excluding hydrogens is 348 g/mol. The monoisotopic (exact) mass is 366 g/mol. The van der Waals surface area contributed by atoms with Gasteiger partial charge in [0.2, 0.25) is 5.91 Å². The van der Waals surface area contributed by atoms with E-state index in [-0.39, 0.29) is 5.91 Å². The van der Waals surface area contributed by atoms with Crippen LogP contribution in [0.25, 0.3) is 22.3 Å². The first-order valence-corrected chi connectivity index (χ1v) is 9.03. The Morgan fingerprint density at radius 1 is 0.962 bits per heavy atom. The molecule has 1 fully saturated rings. The van der Waals surface area contributed by atoms with E-state index < -0.39 is 0 Å². The van der Waals surface area contributed by atoms with Crippen LogP contribution in [0.4, 0.5) is 5.82 Å². The van der Waals surface area contributed by atoms with Crippen LogP contribution in [-0.2, 0) is 4.79 Å². The highest BCUT2D eigenvalue weighted by atomic mass is 35.5. The third kappa shape index (κ3) is 3.22. The number of rotatable bonds is 2. The topological polar surface area (TPSA) is 49.3 Å². The van der Waals surface area contributed by atoms with Gasteiger partial charge < -0.3 is 9.80 Å². The van der Waals surface area contributed by atoms with Gasteiger partial charge in [-0.05, 0) is 36.4 Å². The van der Waals surface area contributed by atoms with E-state index in [2.05, 4.69) is 4.90 Å². The van der Waals surface area contributed by atoms with Crippen LogP contribution in [0.15, 0.2) is 48.5 Å². The Labute approximate surface area is 157 Å². The van der Waals surface area contributed by atoms with Gasteiger partial charge in [-0.25, -0.2) is 9.97 Å². The van der Waals surface area contributed by atoms with E-state index in [1.807, 2.05) is 53.4 Å². The summed E-state index contributed by atoms with van der Waals surface area (Å²) in [7, 11) is 0. The first-order chi connectivity index (χ1) is 12.6. The van der Waals surface area contributed by atoms with Crippen LogP contribution in [0.3, 0.4) is 0 Å². The van der Waals surface area contributed by atoms with Crippen LogP contribution >= 0.6 is 11.6 Å². The Balaban J connectivity index is 1.76. The molecule has 6 heteroatoms. The highest BCUT2D eigenvalue weighted by Crippen LogP contribution is 2.28. The van der Waals surface area contributed by atoms with Gasteiger partial charge in [-0.15, -0.1) is 0 Å². The van der Waals surface area contributed by atoms with Crippen molar-refractivity contribution in [2.24, 2.45) is 0 Å². The molecule has 1 amide bonds. The van der Waals surface area contributed by atoms with Crippen LogP contribution in [-0.4, -0.2) is 47.0 Å². The number of nitrogens with zero attached hydrogens (tertiary/aromatic N) is 4. The molecule has 0 radical (unpaired) electrons. The molecular formula is C20H19ClN4O. The first-order valence-electron chi connectivity index (χ1n) is 8.65. The number of benzene rings is 2. The molecule has 2 heterocycles. The zero-order valence-corrected chi connectivity index (χ0v) is 15.3. The van der Waals surface area contributed by atoms with Crippen molar-refractivity contribution < 1.29 is 4.79 Å². The summed E-state index contributed by atoms with van der Waals surface area (Å²) in [5.41, 5.74) is 1.85. The van der Waals surface area contributed by atoms with Crippen LogP contribution in [0.5, 0.6) is 0 Å². The molecule has 1 aliphatic heterocycles. The van der Waals surface area contributed by atoms with Gasteiger partial charge >= 0.3 is 0 Å². The number of fused-ring (bicyclic) bond motifs is 1. The second-order valence-electron chi connectivity index (χ2n) is 6.39. The van der Waals surface area contributed by atoms with E-state index in [0.29, 0.717) is 23.9 Å². The fourth-order valence-electron chi connectivity index (χ4n) is 3.26. The lowest BCUT2D eigenvalue weighted by Crippen LogP contribution is -2.48. The van der Waals surface area contributed by atoms with E-state index in [9.17, 15) is 4.79 Å². The molecule has 0 saturated carbocycles. The number of piperazine rings is 1. The maximum atomic E-state index is 11.6. The van der Waals surface area contributed by atoms with Crippen LogP contribution < -0.4 is 4.90 Å². The summed E-state index contributed by atoms with van der Waals surface area (Å²) in [6.07, 6.45) is 0. The molecule has 1 saturated heterocycles. The molecule has 2 aromatic carbocycles. The van der Waals surface area contributed by atoms with E-state index in [1.165, 1.54) is 0 Å². The summed E-state index contributed by atoms with van der Waals surface area (Å²) in [5, 5.41) is 1.72. The van der Waals surface area contributed by atoms with Crippen LogP contribution in [0, 0.1) is 0 Å². The van der Waals surface area contributed by atoms with Gasteiger partial charge in [0.05, 0.1) is 5.52 Å². The lowest BCUT2D eigenvalue weighted by molar-refractivity contribution is -0.129. The Hall–Kier alpha value is -2.66. The van der Waals surface area contributed by atoms with Crippen molar-refractivity contribution in [3.63, 3.8) is 0 Å². The van der Waals surface area contributed by atoms with Gasteiger partial charge in [0.25, 0.3) is 0 Å². The Morgan fingerprint density at radius 2 is 1.65 bits per heavy atom. The number of carbonyl (C=O) groups is 1. The zero-order chi connectivity index (χ0) is 18.1. The minimum Gasteiger partial charge on any atom is -0.352 e. The highest BCUT2D eigenvalue weighted by Gasteiger charge is 2.22. The number of hydrogen-bond acceptors (Lipinski definition) is 4. The van der Waals surface area contributed by atoms with Crippen molar-refractivity contribution in [2.75, 3.05) is 31.1 Å². The summed E-state index contributed by atoms with van der Waals surface area (Å²) in [6.45, 7) is 4.57. The predicted octanol–water partition coefficient (Wildman–Crippen LogP) is 3.62. The SMILES string of the molecule is CC(=O)N1CCN(c2nc(-c3ccc(Cl)cc3)nc3ccccc23)CC1. The molecule has 0 aliphatic carbocycles. The molecule has 3 aromatic rings. The van der Waals surface area contributed by atoms with Gasteiger partial charge in [0.15, 0.2) is 5.82 Å². The van der Waals surface area contributed by atoms with Crippen molar-refractivity contribution in [1.29, 1.82) is 0 Å². The van der Waals surface area contributed by atoms with Gasteiger partial charge in [-0.3, -0.25) is 4.79 Å². The van der Waals surface area contributed by atoms with Gasteiger partial charge in [0.1, 0.15) is 5.82 Å². The molecule has 1 aromatic heterocycles. The lowest BCUT2D eigenvalue weighted by Gasteiger charge is -2.35. The molecule has 4 rings (SSSR count). The number of aromatic nitrogens is 2. The normalized spacial score (nSPS) is 14.7. The number of amides is 1. The van der Waals surface area contributed by atoms with E-state index >= 15 is 0 Å². The van der Waals surface area contributed by atoms with E-state index in [1.54, 1.807) is 6.92 Å². The maximum absolute atomic E-state index is 11.6. The van der Waals surface area contributed by atoms with Crippen molar-refractivity contribution in [1.82, 2.24) is 14.9 Å². The Bertz CT molecular complexity index is 950. The summed E-state index contributed by atoms with van der Waals surface area (Å²) in [4.78, 5) is 25.3. The van der Waals surface area contributed by atoms with Crippen molar-refractivity contribution in [2.45, 2.75) is 6.92 Å². The lowest BCUT2D eigenvalue weighted by atomic mass is 10.1. The van der Waals surface area contributed by atoms with Crippen LogP contribution in [0.1, 0.15) is 6.92 Å². The second kappa shape index (κ2) is 6.92. The summed E-state index contributed by atoms with van der Waals surface area (Å²) < 4.78 is 0. The molecule has 26 heavy (non-hydrogen) atoms. The summed E-state index contributed by atoms with van der Waals surface area (Å²) in [5.74, 6) is 1.73. The predicted molar refractivity (Wildman–Crippen MR) is 104 cm³/mol. The quantitative estimate of drug-likeness (QED) is 0.695. The van der Waals surface area contributed by atoms with Gasteiger partial charge in [0, 0.05) is 49.1 Å². The number of hydrogen-bond donors (Lipinski definition) is 0. The van der Waals surface area contributed by atoms with E-state index in [0.717, 1.165) is 35.4 Å². The minimum atomic E-state index is 0.124. The molecule has 0 bridgehead atoms. The van der Waals surface area contributed by atoms with Crippen molar-refractivity contribution in [3.05, 3.63) is 53.6 Å². The molecule has 5 nitrogen and oxygen atoms in total. The molecule has 0 spiro atoms. The minimum absolute atomic E-state index is 0.124. The third-order valence-electron chi connectivity index (χ3n) is 4.71. The zero-order valence-electron chi connectivity index (χ0n) is 14.5. The third-order valence-corrected chi connectivity index (χ3v) is 4.96. The largest absolute Gasteiger partial charge is 0.352 e. The van der Waals surface area contributed by atoms with E-state index in [4.69, 9.17) is 21.6 Å². The molecule has 132 valence electrons. The standard InChI is InChI=1S/C20H19ClN4O/c1-14(26)24-10-12-25(13-11-24)20-17-4-2-3-5-18(17)22-19(23-20)15-6-8-16(21)9-7-15/h2-9H,10-13H2,1H3. The van der Waals surface area contributed by atoms with Gasteiger partial charge in [-0.2, -0.15) is 0 Å². The molecule has 0 unspecified atom stereocenters. The Morgan fingerprint density at radius 3 is 2.35 bits per heavy atom. The summed E-state index contributed by atoms with van der Waals surface area (Å²) >= 11 is 6.01. The number of halogens is 1. The average molecular weight is 367 g/mol. The van der Waals surface area contributed by atoms with Crippen LogP contribution in [0.2, 0.25) is 5.02 Å². The number of para-hydroxylation sites is 1. The first kappa shape index (κ1) is 16.8. The smallest absolute Gasteiger partial charge is 0.219 e.